The SMILES string of the molecule is CCOc1ccc(OCC)c(NC(N)=NCCc2ccccc2F)c1. The van der Waals surface area contributed by atoms with E-state index >= 15 is 0 Å². The van der Waals surface area contributed by atoms with E-state index in [1.807, 2.05) is 32.0 Å². The lowest BCUT2D eigenvalue weighted by Crippen LogP contribution is -2.23. The fraction of sp³-hybridized carbons (Fsp3) is 0.316. The van der Waals surface area contributed by atoms with Crippen molar-refractivity contribution >= 4 is 11.6 Å². The van der Waals surface area contributed by atoms with Gasteiger partial charge in [-0.25, -0.2) is 4.39 Å². The Hall–Kier alpha value is -2.76. The minimum absolute atomic E-state index is 0.229. The highest BCUT2D eigenvalue weighted by Gasteiger charge is 2.07. The Balaban J connectivity index is 2.03. The average molecular weight is 345 g/mol. The number of hydrogen-bond donors (Lipinski definition) is 2. The Morgan fingerprint density at radius 1 is 1.12 bits per heavy atom. The lowest BCUT2D eigenvalue weighted by molar-refractivity contribution is 0.332. The molecule has 0 amide bonds. The van der Waals surface area contributed by atoms with Crippen LogP contribution in [0.3, 0.4) is 0 Å². The summed E-state index contributed by atoms with van der Waals surface area (Å²) in [5.74, 6) is 1.39. The molecule has 0 aliphatic carbocycles. The van der Waals surface area contributed by atoms with Crippen LogP contribution in [-0.4, -0.2) is 25.7 Å². The third-order valence-electron chi connectivity index (χ3n) is 3.45. The van der Waals surface area contributed by atoms with Crippen molar-refractivity contribution in [1.82, 2.24) is 0 Å². The van der Waals surface area contributed by atoms with Gasteiger partial charge in [0.05, 0.1) is 18.9 Å². The van der Waals surface area contributed by atoms with Gasteiger partial charge in [0.1, 0.15) is 17.3 Å². The van der Waals surface area contributed by atoms with Crippen molar-refractivity contribution in [2.24, 2.45) is 10.7 Å². The van der Waals surface area contributed by atoms with E-state index in [1.165, 1.54) is 6.07 Å². The Morgan fingerprint density at radius 3 is 2.60 bits per heavy atom. The number of benzene rings is 2. The second-order valence-electron chi connectivity index (χ2n) is 5.26. The number of aliphatic imine (C=N–C) groups is 1. The van der Waals surface area contributed by atoms with Gasteiger partial charge in [0, 0.05) is 12.6 Å². The first-order valence-electron chi connectivity index (χ1n) is 8.34. The fourth-order valence-electron chi connectivity index (χ4n) is 2.32. The number of rotatable bonds is 8. The second kappa shape index (κ2) is 9.52. The van der Waals surface area contributed by atoms with E-state index in [2.05, 4.69) is 10.3 Å². The van der Waals surface area contributed by atoms with Gasteiger partial charge in [-0.1, -0.05) is 18.2 Å². The molecule has 0 radical (unpaired) electrons. The van der Waals surface area contributed by atoms with Crippen LogP contribution in [0.1, 0.15) is 19.4 Å². The average Bonchev–Trinajstić information content (AvgIpc) is 2.59. The molecule has 0 aliphatic heterocycles. The van der Waals surface area contributed by atoms with Crippen LogP contribution in [0.25, 0.3) is 0 Å². The van der Waals surface area contributed by atoms with Crippen LogP contribution in [0.4, 0.5) is 10.1 Å². The van der Waals surface area contributed by atoms with Crippen LogP contribution in [0.5, 0.6) is 11.5 Å². The minimum Gasteiger partial charge on any atom is -0.494 e. The van der Waals surface area contributed by atoms with E-state index < -0.39 is 0 Å². The summed E-state index contributed by atoms with van der Waals surface area (Å²) in [6.07, 6.45) is 0.479. The number of nitrogens with one attached hydrogen (secondary N) is 1. The lowest BCUT2D eigenvalue weighted by atomic mass is 10.1. The third kappa shape index (κ3) is 5.67. The molecule has 2 aromatic carbocycles. The molecule has 0 spiro atoms. The van der Waals surface area contributed by atoms with Crippen molar-refractivity contribution < 1.29 is 13.9 Å². The molecule has 0 unspecified atom stereocenters. The maximum atomic E-state index is 13.6. The summed E-state index contributed by atoms with van der Waals surface area (Å²) in [6.45, 7) is 5.32. The Morgan fingerprint density at radius 2 is 1.88 bits per heavy atom. The molecule has 0 aliphatic rings. The zero-order valence-electron chi connectivity index (χ0n) is 14.6. The topological polar surface area (TPSA) is 68.9 Å². The zero-order valence-corrected chi connectivity index (χ0v) is 14.6. The highest BCUT2D eigenvalue weighted by atomic mass is 19.1. The highest BCUT2D eigenvalue weighted by molar-refractivity contribution is 5.94. The molecule has 25 heavy (non-hydrogen) atoms. The van der Waals surface area contributed by atoms with Crippen molar-refractivity contribution in [2.45, 2.75) is 20.3 Å². The maximum absolute atomic E-state index is 13.6. The molecule has 2 rings (SSSR count). The maximum Gasteiger partial charge on any atom is 0.193 e. The zero-order chi connectivity index (χ0) is 18.1. The molecule has 0 heterocycles. The van der Waals surface area contributed by atoms with Crippen molar-refractivity contribution in [3.63, 3.8) is 0 Å². The van der Waals surface area contributed by atoms with Gasteiger partial charge in [0.15, 0.2) is 5.96 Å². The molecular weight excluding hydrogens is 321 g/mol. The van der Waals surface area contributed by atoms with Crippen molar-refractivity contribution in [3.05, 3.63) is 53.8 Å². The van der Waals surface area contributed by atoms with Crippen LogP contribution in [0.2, 0.25) is 0 Å². The number of guanidine groups is 1. The highest BCUT2D eigenvalue weighted by Crippen LogP contribution is 2.29. The predicted molar refractivity (Wildman–Crippen MR) is 99.0 cm³/mol. The minimum atomic E-state index is -0.229. The molecule has 134 valence electrons. The van der Waals surface area contributed by atoms with Crippen LogP contribution < -0.4 is 20.5 Å². The first-order valence-corrected chi connectivity index (χ1v) is 8.34. The number of anilines is 1. The van der Waals surface area contributed by atoms with Gasteiger partial charge in [-0.15, -0.1) is 0 Å². The van der Waals surface area contributed by atoms with Crippen LogP contribution in [-0.2, 0) is 6.42 Å². The molecule has 3 N–H and O–H groups in total. The van der Waals surface area contributed by atoms with Gasteiger partial charge in [0.2, 0.25) is 0 Å². The molecular formula is C19H24FN3O2. The smallest absolute Gasteiger partial charge is 0.193 e. The van der Waals surface area contributed by atoms with Crippen LogP contribution in [0.15, 0.2) is 47.5 Å². The van der Waals surface area contributed by atoms with Gasteiger partial charge in [0.25, 0.3) is 0 Å². The molecule has 0 fully saturated rings. The summed E-state index contributed by atoms with van der Waals surface area (Å²) in [5, 5.41) is 3.02. The first kappa shape index (κ1) is 18.6. The number of nitrogens with two attached hydrogens (primary N) is 1. The van der Waals surface area contributed by atoms with Gasteiger partial charge in [-0.05, 0) is 44.0 Å². The quantitative estimate of drug-likeness (QED) is 0.567. The lowest BCUT2D eigenvalue weighted by Gasteiger charge is -2.14. The molecule has 0 saturated heterocycles. The van der Waals surface area contributed by atoms with E-state index in [-0.39, 0.29) is 11.8 Å². The Bertz CT molecular complexity index is 720. The summed E-state index contributed by atoms with van der Waals surface area (Å²) >= 11 is 0. The molecule has 0 bridgehead atoms. The fourth-order valence-corrected chi connectivity index (χ4v) is 2.32. The molecule has 0 atom stereocenters. The van der Waals surface area contributed by atoms with Crippen molar-refractivity contribution in [3.8, 4) is 11.5 Å². The largest absolute Gasteiger partial charge is 0.494 e. The molecule has 0 saturated carbocycles. The normalized spacial score (nSPS) is 11.2. The number of halogens is 1. The third-order valence-corrected chi connectivity index (χ3v) is 3.45. The van der Waals surface area contributed by atoms with Crippen molar-refractivity contribution in [1.29, 1.82) is 0 Å². The van der Waals surface area contributed by atoms with E-state index in [0.29, 0.717) is 48.9 Å². The molecule has 5 nitrogen and oxygen atoms in total. The van der Waals surface area contributed by atoms with Gasteiger partial charge in [-0.2, -0.15) is 0 Å². The summed E-state index contributed by atoms with van der Waals surface area (Å²) in [4.78, 5) is 4.25. The molecule has 6 heteroatoms. The first-order chi connectivity index (χ1) is 12.1. The van der Waals surface area contributed by atoms with Gasteiger partial charge >= 0.3 is 0 Å². The van der Waals surface area contributed by atoms with Crippen molar-refractivity contribution in [2.75, 3.05) is 25.1 Å². The molecule has 0 aromatic heterocycles. The predicted octanol–water partition coefficient (Wildman–Crippen LogP) is 3.59. The van der Waals surface area contributed by atoms with Gasteiger partial charge < -0.3 is 20.5 Å². The van der Waals surface area contributed by atoms with Gasteiger partial charge in [-0.3, -0.25) is 4.99 Å². The number of ether oxygens (including phenoxy) is 2. The van der Waals surface area contributed by atoms with Crippen LogP contribution >= 0.6 is 0 Å². The van der Waals surface area contributed by atoms with E-state index in [4.69, 9.17) is 15.2 Å². The standard InChI is InChI=1S/C19H24FN3O2/c1-3-24-15-9-10-18(25-4-2)17(13-15)23-19(21)22-12-11-14-7-5-6-8-16(14)20/h5-10,13H,3-4,11-12H2,1-2H3,(H3,21,22,23). The Kier molecular flexibility index (Phi) is 7.07. The van der Waals surface area contributed by atoms with E-state index in [1.54, 1.807) is 18.2 Å². The molecule has 2 aromatic rings. The summed E-state index contributed by atoms with van der Waals surface area (Å²) < 4.78 is 24.7. The monoisotopic (exact) mass is 345 g/mol. The summed E-state index contributed by atoms with van der Waals surface area (Å²) in [6, 6.07) is 12.1. The second-order valence-corrected chi connectivity index (χ2v) is 5.26. The van der Waals surface area contributed by atoms with E-state index in [0.717, 1.165) is 0 Å². The number of nitrogens with zero attached hydrogens (tertiary/aromatic N) is 1. The summed E-state index contributed by atoms with van der Waals surface area (Å²) in [5.41, 5.74) is 7.24. The number of hydrogen-bond acceptors (Lipinski definition) is 3. The Labute approximate surface area is 147 Å². The van der Waals surface area contributed by atoms with Crippen LogP contribution in [0, 0.1) is 5.82 Å². The van der Waals surface area contributed by atoms with E-state index in [9.17, 15) is 4.39 Å². The summed E-state index contributed by atoms with van der Waals surface area (Å²) in [7, 11) is 0.